The highest BCUT2D eigenvalue weighted by Gasteiger charge is 2.31. The van der Waals surface area contributed by atoms with Crippen LogP contribution in [-0.4, -0.2) is 30.3 Å². The average Bonchev–Trinajstić information content (AvgIpc) is 1.88. The van der Waals surface area contributed by atoms with E-state index < -0.39 is 11.5 Å². The van der Waals surface area contributed by atoms with Crippen LogP contribution < -0.4 is 5.73 Å². The van der Waals surface area contributed by atoms with Gasteiger partial charge in [-0.05, 0) is 6.42 Å². The molecular weight excluding hydrogens is 134 g/mol. The number of hydrogen-bond donors (Lipinski definition) is 2. The monoisotopic (exact) mass is 147 g/mol. The Bertz CT molecular complexity index is 126. The molecule has 0 aliphatic rings. The quantitative estimate of drug-likeness (QED) is 0.578. The fourth-order valence-corrected chi connectivity index (χ4v) is 0.573. The van der Waals surface area contributed by atoms with Gasteiger partial charge in [0.25, 0.3) is 0 Å². The summed E-state index contributed by atoms with van der Waals surface area (Å²) in [5, 5.41) is 8.56. The lowest BCUT2D eigenvalue weighted by molar-refractivity contribution is -0.145. The minimum Gasteiger partial charge on any atom is -0.480 e. The van der Waals surface area contributed by atoms with Gasteiger partial charge in [0.2, 0.25) is 0 Å². The van der Waals surface area contributed by atoms with E-state index in [1.54, 1.807) is 6.92 Å². The van der Waals surface area contributed by atoms with Gasteiger partial charge in [0.05, 0.1) is 6.61 Å². The van der Waals surface area contributed by atoms with Gasteiger partial charge in [-0.3, -0.25) is 4.79 Å². The number of carboxylic acid groups (broad SMARTS) is 1. The van der Waals surface area contributed by atoms with Crippen LogP contribution in [0.25, 0.3) is 0 Å². The summed E-state index contributed by atoms with van der Waals surface area (Å²) < 4.78 is 4.65. The molecule has 0 heterocycles. The first-order valence-corrected chi connectivity index (χ1v) is 3.08. The van der Waals surface area contributed by atoms with E-state index in [-0.39, 0.29) is 6.61 Å². The van der Waals surface area contributed by atoms with E-state index in [2.05, 4.69) is 4.74 Å². The predicted octanol–water partition coefficient (Wildman–Crippen LogP) is -0.175. The standard InChI is InChI=1S/C6H13NO3/c1-3-6(7,4-10-2)5(8)9/h3-4,7H2,1-2H3,(H,8,9)/t6-/m0/s1. The van der Waals surface area contributed by atoms with Gasteiger partial charge >= 0.3 is 5.97 Å². The van der Waals surface area contributed by atoms with Gasteiger partial charge in [-0.2, -0.15) is 0 Å². The Labute approximate surface area is 60.0 Å². The normalized spacial score (nSPS) is 16.3. The molecule has 0 aliphatic heterocycles. The molecule has 0 saturated heterocycles. The Morgan fingerprint density at radius 3 is 2.40 bits per heavy atom. The number of aliphatic carboxylic acids is 1. The number of ether oxygens (including phenoxy) is 1. The molecule has 0 aliphatic carbocycles. The summed E-state index contributed by atoms with van der Waals surface area (Å²) in [4.78, 5) is 10.4. The summed E-state index contributed by atoms with van der Waals surface area (Å²) in [6.07, 6.45) is 0.371. The van der Waals surface area contributed by atoms with Crippen molar-refractivity contribution in [2.45, 2.75) is 18.9 Å². The molecule has 0 aromatic heterocycles. The lowest BCUT2D eigenvalue weighted by Gasteiger charge is -2.20. The predicted molar refractivity (Wildman–Crippen MR) is 36.7 cm³/mol. The minimum atomic E-state index is -1.21. The van der Waals surface area contributed by atoms with Crippen molar-refractivity contribution < 1.29 is 14.6 Å². The molecule has 0 aromatic carbocycles. The van der Waals surface area contributed by atoms with Gasteiger partial charge in [-0.1, -0.05) is 6.92 Å². The zero-order valence-electron chi connectivity index (χ0n) is 6.26. The van der Waals surface area contributed by atoms with Crippen molar-refractivity contribution in [3.63, 3.8) is 0 Å². The van der Waals surface area contributed by atoms with E-state index in [4.69, 9.17) is 10.8 Å². The topological polar surface area (TPSA) is 72.5 Å². The van der Waals surface area contributed by atoms with Crippen LogP contribution in [0.4, 0.5) is 0 Å². The maximum absolute atomic E-state index is 10.4. The zero-order chi connectivity index (χ0) is 8.20. The van der Waals surface area contributed by atoms with E-state index in [0.29, 0.717) is 6.42 Å². The molecule has 60 valence electrons. The molecule has 0 fully saturated rings. The van der Waals surface area contributed by atoms with Crippen LogP contribution in [0.5, 0.6) is 0 Å². The van der Waals surface area contributed by atoms with Crippen molar-refractivity contribution >= 4 is 5.97 Å². The van der Waals surface area contributed by atoms with E-state index in [0.717, 1.165) is 0 Å². The van der Waals surface area contributed by atoms with E-state index in [1.807, 2.05) is 0 Å². The smallest absolute Gasteiger partial charge is 0.326 e. The molecular formula is C6H13NO3. The Morgan fingerprint density at radius 1 is 1.80 bits per heavy atom. The summed E-state index contributed by atoms with van der Waals surface area (Å²) >= 11 is 0. The number of nitrogens with two attached hydrogens (primary N) is 1. The van der Waals surface area contributed by atoms with Gasteiger partial charge in [0.15, 0.2) is 0 Å². The Kier molecular flexibility index (Phi) is 3.32. The van der Waals surface area contributed by atoms with Crippen LogP contribution in [0.3, 0.4) is 0 Å². The maximum Gasteiger partial charge on any atom is 0.326 e. The molecule has 1 atom stereocenters. The SMILES string of the molecule is CC[C@](N)(COC)C(=O)O. The molecule has 0 unspecified atom stereocenters. The van der Waals surface area contributed by atoms with E-state index >= 15 is 0 Å². The second-order valence-corrected chi connectivity index (χ2v) is 2.25. The molecule has 0 aromatic rings. The number of carbonyl (C=O) groups is 1. The summed E-state index contributed by atoms with van der Waals surface area (Å²) in [5.41, 5.74) is 4.21. The van der Waals surface area contributed by atoms with Crippen LogP contribution in [0, 0.1) is 0 Å². The fraction of sp³-hybridized carbons (Fsp3) is 0.833. The van der Waals surface area contributed by atoms with Crippen LogP contribution in [-0.2, 0) is 9.53 Å². The van der Waals surface area contributed by atoms with Crippen molar-refractivity contribution in [1.82, 2.24) is 0 Å². The third kappa shape index (κ3) is 1.97. The van der Waals surface area contributed by atoms with Gasteiger partial charge in [0, 0.05) is 7.11 Å². The van der Waals surface area contributed by atoms with Gasteiger partial charge in [-0.25, -0.2) is 0 Å². The van der Waals surface area contributed by atoms with E-state index in [9.17, 15) is 4.79 Å². The van der Waals surface area contributed by atoms with Crippen molar-refractivity contribution in [3.05, 3.63) is 0 Å². The minimum absolute atomic E-state index is 0.0544. The van der Waals surface area contributed by atoms with Crippen molar-refractivity contribution in [1.29, 1.82) is 0 Å². The van der Waals surface area contributed by atoms with Crippen LogP contribution in [0.15, 0.2) is 0 Å². The van der Waals surface area contributed by atoms with Crippen LogP contribution in [0.1, 0.15) is 13.3 Å². The largest absolute Gasteiger partial charge is 0.480 e. The zero-order valence-corrected chi connectivity index (χ0v) is 6.26. The van der Waals surface area contributed by atoms with Gasteiger partial charge < -0.3 is 15.6 Å². The first-order chi connectivity index (χ1) is 4.56. The fourth-order valence-electron chi connectivity index (χ4n) is 0.573. The lowest BCUT2D eigenvalue weighted by atomic mass is 10.00. The second kappa shape index (κ2) is 3.53. The first-order valence-electron chi connectivity index (χ1n) is 3.08. The lowest BCUT2D eigenvalue weighted by Crippen LogP contribution is -2.51. The van der Waals surface area contributed by atoms with Crippen LogP contribution >= 0.6 is 0 Å². The summed E-state index contributed by atoms with van der Waals surface area (Å²) in [5.74, 6) is -1.02. The third-order valence-corrected chi connectivity index (χ3v) is 1.46. The van der Waals surface area contributed by atoms with Gasteiger partial charge in [0.1, 0.15) is 5.54 Å². The number of carboxylic acids is 1. The Balaban J connectivity index is 4.08. The molecule has 0 saturated carbocycles. The Hall–Kier alpha value is -0.610. The van der Waals surface area contributed by atoms with Crippen LogP contribution in [0.2, 0.25) is 0 Å². The molecule has 0 spiro atoms. The first kappa shape index (κ1) is 9.39. The molecule has 4 nitrogen and oxygen atoms in total. The van der Waals surface area contributed by atoms with Crippen molar-refractivity contribution in [2.24, 2.45) is 5.73 Å². The molecule has 3 N–H and O–H groups in total. The summed E-state index contributed by atoms with van der Waals surface area (Å²) in [6.45, 7) is 1.77. The molecule has 10 heavy (non-hydrogen) atoms. The molecule has 0 bridgehead atoms. The molecule has 4 heteroatoms. The second-order valence-electron chi connectivity index (χ2n) is 2.25. The van der Waals surface area contributed by atoms with Gasteiger partial charge in [-0.15, -0.1) is 0 Å². The van der Waals surface area contributed by atoms with Crippen molar-refractivity contribution in [3.8, 4) is 0 Å². The Morgan fingerprint density at radius 2 is 2.30 bits per heavy atom. The highest BCUT2D eigenvalue weighted by atomic mass is 16.5. The van der Waals surface area contributed by atoms with E-state index in [1.165, 1.54) is 7.11 Å². The average molecular weight is 147 g/mol. The number of rotatable bonds is 4. The van der Waals surface area contributed by atoms with Crippen molar-refractivity contribution in [2.75, 3.05) is 13.7 Å². The molecule has 0 rings (SSSR count). The molecule has 0 radical (unpaired) electrons. The maximum atomic E-state index is 10.4. The summed E-state index contributed by atoms with van der Waals surface area (Å²) in [6, 6.07) is 0. The summed E-state index contributed by atoms with van der Waals surface area (Å²) in [7, 11) is 1.43. The number of hydrogen-bond acceptors (Lipinski definition) is 3. The molecule has 0 amide bonds. The number of methoxy groups -OCH3 is 1. The highest BCUT2D eigenvalue weighted by Crippen LogP contribution is 2.05. The highest BCUT2D eigenvalue weighted by molar-refractivity contribution is 5.78. The third-order valence-electron chi connectivity index (χ3n) is 1.46.